The van der Waals surface area contributed by atoms with E-state index >= 15 is 0 Å². The van der Waals surface area contributed by atoms with E-state index in [1.807, 2.05) is 0 Å². The minimum Gasteiger partial charge on any atom is -0.464 e. The van der Waals surface area contributed by atoms with Crippen LogP contribution in [0.15, 0.2) is 35.7 Å². The molecule has 1 aliphatic carbocycles. The van der Waals surface area contributed by atoms with E-state index in [0.717, 1.165) is 0 Å². The second-order valence-electron chi connectivity index (χ2n) is 7.81. The number of ketones is 1. The minimum absolute atomic E-state index is 0.0106. The Morgan fingerprint density at radius 3 is 2.45 bits per heavy atom. The van der Waals surface area contributed by atoms with Crippen molar-refractivity contribution in [3.8, 4) is 0 Å². The van der Waals surface area contributed by atoms with Crippen molar-refractivity contribution in [3.63, 3.8) is 0 Å². The Labute approximate surface area is 209 Å². The Hall–Kier alpha value is -2.36. The molecule has 11 heteroatoms. The molecular weight excluding hydrogens is 535 g/mol. The number of hydrogen-bond acceptors (Lipinski definition) is 7. The number of aliphatic imine (C=N–C) groups is 1. The van der Waals surface area contributed by atoms with Gasteiger partial charge in [-0.2, -0.15) is 0 Å². The SMILES string of the molecule is CCOC(=O)[C@H](Cc1ccc(NC(=O)c2c(Cl)cncc2Cl)cn1)N=C1C(Br)C(=O)C1(C)C. The number of nitrogens with zero attached hydrogens (tertiary/aromatic N) is 3. The van der Waals surface area contributed by atoms with Crippen LogP contribution < -0.4 is 5.32 Å². The second kappa shape index (κ2) is 10.3. The van der Waals surface area contributed by atoms with Gasteiger partial charge in [-0.3, -0.25) is 24.5 Å². The Kier molecular flexibility index (Phi) is 7.87. The Morgan fingerprint density at radius 2 is 1.91 bits per heavy atom. The molecule has 3 rings (SSSR count). The highest BCUT2D eigenvalue weighted by Crippen LogP contribution is 2.38. The average Bonchev–Trinajstić information content (AvgIpc) is 2.76. The van der Waals surface area contributed by atoms with Crippen molar-refractivity contribution in [1.29, 1.82) is 0 Å². The molecule has 1 amide bonds. The van der Waals surface area contributed by atoms with Gasteiger partial charge in [-0.05, 0) is 32.9 Å². The molecule has 2 heterocycles. The summed E-state index contributed by atoms with van der Waals surface area (Å²) in [4.78, 5) is 49.3. The first-order valence-corrected chi connectivity index (χ1v) is 11.7. The lowest BCUT2D eigenvalue weighted by Gasteiger charge is -2.40. The Balaban J connectivity index is 1.76. The molecule has 33 heavy (non-hydrogen) atoms. The van der Waals surface area contributed by atoms with Crippen LogP contribution in [0.4, 0.5) is 5.69 Å². The first-order chi connectivity index (χ1) is 15.6. The number of amides is 1. The van der Waals surface area contributed by atoms with Crippen molar-refractivity contribution in [1.82, 2.24) is 9.97 Å². The molecule has 2 aromatic heterocycles. The zero-order valence-corrected chi connectivity index (χ0v) is 21.2. The third kappa shape index (κ3) is 5.42. The third-order valence-electron chi connectivity index (χ3n) is 5.15. The van der Waals surface area contributed by atoms with Crippen LogP contribution in [-0.4, -0.2) is 50.8 Å². The van der Waals surface area contributed by atoms with E-state index in [1.54, 1.807) is 32.9 Å². The molecular formula is C22H21BrCl2N4O4. The number of carbonyl (C=O) groups is 3. The van der Waals surface area contributed by atoms with Gasteiger partial charge in [0.2, 0.25) is 0 Å². The molecule has 1 N–H and O–H groups in total. The molecule has 174 valence electrons. The summed E-state index contributed by atoms with van der Waals surface area (Å²) < 4.78 is 5.16. The first-order valence-electron chi connectivity index (χ1n) is 10.0. The number of rotatable bonds is 7. The minimum atomic E-state index is -0.852. The molecule has 0 radical (unpaired) electrons. The van der Waals surface area contributed by atoms with Crippen LogP contribution in [0.5, 0.6) is 0 Å². The fraction of sp³-hybridized carbons (Fsp3) is 0.364. The van der Waals surface area contributed by atoms with Crippen LogP contribution in [0.1, 0.15) is 36.8 Å². The number of aromatic nitrogens is 2. The normalized spacial score (nSPS) is 19.0. The summed E-state index contributed by atoms with van der Waals surface area (Å²) in [5.74, 6) is -0.990. The molecule has 8 nitrogen and oxygen atoms in total. The van der Waals surface area contributed by atoms with E-state index in [9.17, 15) is 14.4 Å². The lowest BCUT2D eigenvalue weighted by molar-refractivity contribution is -0.144. The average molecular weight is 556 g/mol. The van der Waals surface area contributed by atoms with E-state index in [1.165, 1.54) is 18.6 Å². The third-order valence-corrected chi connectivity index (χ3v) is 6.57. The van der Waals surface area contributed by atoms with Gasteiger partial charge in [-0.1, -0.05) is 39.1 Å². The van der Waals surface area contributed by atoms with E-state index < -0.39 is 28.2 Å². The maximum absolute atomic E-state index is 12.5. The quantitative estimate of drug-likeness (QED) is 0.402. The largest absolute Gasteiger partial charge is 0.464 e. The summed E-state index contributed by atoms with van der Waals surface area (Å²) in [6.45, 7) is 5.46. The number of ether oxygens (including phenoxy) is 1. The molecule has 1 saturated carbocycles. The molecule has 0 bridgehead atoms. The molecule has 1 fully saturated rings. The van der Waals surface area contributed by atoms with Gasteiger partial charge in [0.15, 0.2) is 11.8 Å². The fourth-order valence-corrected chi connectivity index (χ4v) is 5.06. The maximum atomic E-state index is 12.5. The van der Waals surface area contributed by atoms with Crippen LogP contribution in [0.25, 0.3) is 0 Å². The number of Topliss-reactive ketones (excluding diaryl/α,β-unsaturated/α-hetero) is 1. The molecule has 0 spiro atoms. The lowest BCUT2D eigenvalue weighted by Crippen LogP contribution is -2.57. The molecule has 1 aliphatic rings. The maximum Gasteiger partial charge on any atom is 0.331 e. The van der Waals surface area contributed by atoms with E-state index in [-0.39, 0.29) is 34.4 Å². The van der Waals surface area contributed by atoms with Crippen molar-refractivity contribution < 1.29 is 19.1 Å². The van der Waals surface area contributed by atoms with E-state index in [4.69, 9.17) is 27.9 Å². The summed E-state index contributed by atoms with van der Waals surface area (Å²) >= 11 is 15.4. The molecule has 2 atom stereocenters. The summed E-state index contributed by atoms with van der Waals surface area (Å²) in [5.41, 5.74) is 0.941. The number of hydrogen-bond donors (Lipinski definition) is 1. The van der Waals surface area contributed by atoms with Gasteiger partial charge in [-0.25, -0.2) is 4.79 Å². The van der Waals surface area contributed by atoms with Crippen LogP contribution in [0.3, 0.4) is 0 Å². The monoisotopic (exact) mass is 554 g/mol. The van der Waals surface area contributed by atoms with Crippen molar-refractivity contribution >= 4 is 68.2 Å². The van der Waals surface area contributed by atoms with Gasteiger partial charge in [-0.15, -0.1) is 0 Å². The van der Waals surface area contributed by atoms with Gasteiger partial charge in [0.05, 0.1) is 39.5 Å². The molecule has 1 unspecified atom stereocenters. The summed E-state index contributed by atoms with van der Waals surface area (Å²) in [5, 5.41) is 2.93. The van der Waals surface area contributed by atoms with Crippen molar-refractivity contribution in [3.05, 3.63) is 52.0 Å². The Morgan fingerprint density at radius 1 is 1.24 bits per heavy atom. The number of nitrogens with one attached hydrogen (secondary N) is 1. The van der Waals surface area contributed by atoms with E-state index in [2.05, 4.69) is 36.2 Å². The zero-order chi connectivity index (χ0) is 24.3. The predicted molar refractivity (Wildman–Crippen MR) is 130 cm³/mol. The van der Waals surface area contributed by atoms with Crippen LogP contribution in [0, 0.1) is 5.41 Å². The van der Waals surface area contributed by atoms with E-state index in [0.29, 0.717) is 17.1 Å². The van der Waals surface area contributed by atoms with Crippen LogP contribution in [0.2, 0.25) is 10.0 Å². The van der Waals surface area contributed by atoms with Gasteiger partial charge in [0.1, 0.15) is 4.83 Å². The number of carbonyl (C=O) groups excluding carboxylic acids is 3. The second-order valence-corrected chi connectivity index (χ2v) is 9.54. The summed E-state index contributed by atoms with van der Waals surface area (Å²) in [6.07, 6.45) is 4.28. The van der Waals surface area contributed by atoms with Gasteiger partial charge in [0.25, 0.3) is 5.91 Å². The topological polar surface area (TPSA) is 111 Å². The van der Waals surface area contributed by atoms with Crippen molar-refractivity contribution in [2.24, 2.45) is 10.4 Å². The number of halogens is 3. The zero-order valence-electron chi connectivity index (χ0n) is 18.1. The highest BCUT2D eigenvalue weighted by Gasteiger charge is 2.52. The van der Waals surface area contributed by atoms with Gasteiger partial charge in [0, 0.05) is 30.2 Å². The summed E-state index contributed by atoms with van der Waals surface area (Å²) in [7, 11) is 0. The number of esters is 1. The fourth-order valence-electron chi connectivity index (χ4n) is 3.26. The number of pyridine rings is 2. The standard InChI is InChI=1S/C22H21BrCl2N4O4/c1-4-33-21(32)15(29-18-17(23)19(30)22(18,2)3)7-11-5-6-12(8-27-11)28-20(31)16-13(24)9-26-10-14(16)25/h5-6,8-10,15,17H,4,7H2,1-3H3,(H,28,31)/t15-,17?/m0/s1. The highest BCUT2D eigenvalue weighted by atomic mass is 79.9. The molecule has 2 aromatic rings. The highest BCUT2D eigenvalue weighted by molar-refractivity contribution is 9.10. The van der Waals surface area contributed by atoms with Gasteiger partial charge < -0.3 is 10.1 Å². The van der Waals surface area contributed by atoms with Gasteiger partial charge >= 0.3 is 5.97 Å². The van der Waals surface area contributed by atoms with Crippen LogP contribution in [-0.2, 0) is 20.7 Å². The predicted octanol–water partition coefficient (Wildman–Crippen LogP) is 4.32. The van der Waals surface area contributed by atoms with Crippen molar-refractivity contribution in [2.45, 2.75) is 38.1 Å². The smallest absolute Gasteiger partial charge is 0.331 e. The molecule has 0 saturated heterocycles. The Bertz CT molecular complexity index is 1100. The number of anilines is 1. The van der Waals surface area contributed by atoms with Crippen LogP contribution >= 0.6 is 39.1 Å². The lowest BCUT2D eigenvalue weighted by atomic mass is 9.68. The van der Waals surface area contributed by atoms with Crippen molar-refractivity contribution in [2.75, 3.05) is 11.9 Å². The number of alkyl halides is 1. The summed E-state index contributed by atoms with van der Waals surface area (Å²) in [6, 6.07) is 2.46. The molecule has 0 aliphatic heterocycles. The molecule has 0 aromatic carbocycles. The first kappa shape index (κ1) is 25.3.